The molecule has 0 aliphatic rings. The molecule has 6 heteroatoms. The van der Waals surface area contributed by atoms with Crippen LogP contribution in [-0.4, -0.2) is 22.1 Å². The maximum absolute atomic E-state index is 12.1. The molecule has 2 aromatic heterocycles. The van der Waals surface area contributed by atoms with Crippen LogP contribution >= 0.6 is 23.1 Å². The molecule has 3 rings (SSSR count). The minimum atomic E-state index is -0.169. The summed E-state index contributed by atoms with van der Waals surface area (Å²) >= 11 is 3.13. The van der Waals surface area contributed by atoms with Gasteiger partial charge in [0.1, 0.15) is 0 Å². The van der Waals surface area contributed by atoms with E-state index in [0.717, 1.165) is 15.1 Å². The fraction of sp³-hybridized carbons (Fsp3) is 0.0714. The van der Waals surface area contributed by atoms with Crippen LogP contribution in [0.25, 0.3) is 10.2 Å². The molecule has 4 nitrogen and oxygen atoms in total. The number of rotatable bonds is 3. The summed E-state index contributed by atoms with van der Waals surface area (Å²) in [6.07, 6.45) is 5.21. The van der Waals surface area contributed by atoms with Crippen LogP contribution < -0.4 is 5.32 Å². The molecule has 1 N–H and O–H groups in total. The summed E-state index contributed by atoms with van der Waals surface area (Å²) in [7, 11) is 0. The number of carbonyl (C=O) groups is 1. The summed E-state index contributed by atoms with van der Waals surface area (Å²) in [6, 6.07) is 9.39. The van der Waals surface area contributed by atoms with Gasteiger partial charge in [-0.1, -0.05) is 17.4 Å². The average Bonchev–Trinajstić information content (AvgIpc) is 2.90. The second-order valence-electron chi connectivity index (χ2n) is 4.02. The van der Waals surface area contributed by atoms with Crippen molar-refractivity contribution in [1.29, 1.82) is 0 Å². The lowest BCUT2D eigenvalue weighted by atomic mass is 10.2. The molecule has 0 saturated heterocycles. The van der Waals surface area contributed by atoms with E-state index in [-0.39, 0.29) is 5.91 Å². The van der Waals surface area contributed by atoms with Crippen LogP contribution in [0.1, 0.15) is 10.4 Å². The van der Waals surface area contributed by atoms with Crippen molar-refractivity contribution in [3.05, 3.63) is 48.3 Å². The molecule has 2 heterocycles. The molecule has 100 valence electrons. The third kappa shape index (κ3) is 2.52. The van der Waals surface area contributed by atoms with Gasteiger partial charge in [-0.25, -0.2) is 4.98 Å². The lowest BCUT2D eigenvalue weighted by molar-refractivity contribution is 0.102. The van der Waals surface area contributed by atoms with E-state index in [1.807, 2.05) is 24.5 Å². The molecule has 1 amide bonds. The summed E-state index contributed by atoms with van der Waals surface area (Å²) in [4.78, 5) is 21.6. The highest BCUT2D eigenvalue weighted by Gasteiger charge is 2.11. The number of hydrogen-bond acceptors (Lipinski definition) is 5. The molecule has 0 fully saturated rings. The fourth-order valence-corrected chi connectivity index (χ4v) is 3.33. The van der Waals surface area contributed by atoms with E-state index in [2.05, 4.69) is 15.3 Å². The van der Waals surface area contributed by atoms with E-state index in [9.17, 15) is 4.79 Å². The SMILES string of the molecule is CSc1cccc2sc(NC(=O)c3ccncc3)nc12. The number of anilines is 1. The molecule has 0 unspecified atom stereocenters. The number of nitrogens with zero attached hydrogens (tertiary/aromatic N) is 2. The Morgan fingerprint density at radius 2 is 2.05 bits per heavy atom. The van der Waals surface area contributed by atoms with E-state index in [1.165, 1.54) is 11.3 Å². The summed E-state index contributed by atoms with van der Waals surface area (Å²) in [6.45, 7) is 0. The number of benzene rings is 1. The van der Waals surface area contributed by atoms with Gasteiger partial charge >= 0.3 is 0 Å². The number of pyridine rings is 1. The van der Waals surface area contributed by atoms with Gasteiger partial charge in [0.15, 0.2) is 5.13 Å². The van der Waals surface area contributed by atoms with Crippen molar-refractivity contribution in [3.8, 4) is 0 Å². The zero-order valence-electron chi connectivity index (χ0n) is 10.7. The third-order valence-electron chi connectivity index (χ3n) is 2.76. The Hall–Kier alpha value is -1.92. The average molecular weight is 301 g/mol. The van der Waals surface area contributed by atoms with Crippen LogP contribution in [0.5, 0.6) is 0 Å². The zero-order chi connectivity index (χ0) is 13.9. The minimum Gasteiger partial charge on any atom is -0.298 e. The van der Waals surface area contributed by atoms with Crippen LogP contribution in [0.2, 0.25) is 0 Å². The second kappa shape index (κ2) is 5.60. The first-order chi connectivity index (χ1) is 9.78. The van der Waals surface area contributed by atoms with Gasteiger partial charge in [-0.3, -0.25) is 15.1 Å². The van der Waals surface area contributed by atoms with Crippen molar-refractivity contribution >= 4 is 44.4 Å². The second-order valence-corrected chi connectivity index (χ2v) is 5.89. The Kier molecular flexibility index (Phi) is 3.66. The van der Waals surface area contributed by atoms with Crippen molar-refractivity contribution in [2.24, 2.45) is 0 Å². The van der Waals surface area contributed by atoms with Gasteiger partial charge in [0.2, 0.25) is 0 Å². The number of carbonyl (C=O) groups excluding carboxylic acids is 1. The van der Waals surface area contributed by atoms with E-state index in [1.54, 1.807) is 36.3 Å². The molecule has 3 aromatic rings. The highest BCUT2D eigenvalue weighted by molar-refractivity contribution is 7.98. The van der Waals surface area contributed by atoms with Gasteiger partial charge in [-0.15, -0.1) is 11.8 Å². The lowest BCUT2D eigenvalue weighted by Gasteiger charge is -2.00. The Balaban J connectivity index is 1.90. The first-order valence-corrected chi connectivity index (χ1v) is 7.97. The van der Waals surface area contributed by atoms with Crippen LogP contribution in [0.3, 0.4) is 0 Å². The number of amides is 1. The topological polar surface area (TPSA) is 54.9 Å². The number of aromatic nitrogens is 2. The van der Waals surface area contributed by atoms with Gasteiger partial charge in [0.05, 0.1) is 10.2 Å². The Bertz CT molecular complexity index is 755. The molecule has 0 spiro atoms. The molecule has 0 saturated carbocycles. The number of hydrogen-bond donors (Lipinski definition) is 1. The number of fused-ring (bicyclic) bond motifs is 1. The van der Waals surface area contributed by atoms with Crippen molar-refractivity contribution in [2.45, 2.75) is 4.90 Å². The predicted octanol–water partition coefficient (Wildman–Crippen LogP) is 3.67. The van der Waals surface area contributed by atoms with Gasteiger partial charge < -0.3 is 0 Å². The number of para-hydroxylation sites is 1. The Morgan fingerprint density at radius 1 is 1.25 bits per heavy atom. The molecule has 0 radical (unpaired) electrons. The quantitative estimate of drug-likeness (QED) is 0.750. The monoisotopic (exact) mass is 301 g/mol. The van der Waals surface area contributed by atoms with Crippen molar-refractivity contribution < 1.29 is 4.79 Å². The molecule has 0 aliphatic carbocycles. The molecular weight excluding hydrogens is 290 g/mol. The summed E-state index contributed by atoms with van der Waals surface area (Å²) in [5.41, 5.74) is 1.51. The van der Waals surface area contributed by atoms with Gasteiger partial charge in [0, 0.05) is 22.9 Å². The van der Waals surface area contributed by atoms with E-state index in [4.69, 9.17) is 0 Å². The molecular formula is C14H11N3OS2. The summed E-state index contributed by atoms with van der Waals surface area (Å²) < 4.78 is 1.07. The molecule has 20 heavy (non-hydrogen) atoms. The maximum atomic E-state index is 12.1. The van der Waals surface area contributed by atoms with Crippen LogP contribution in [0.15, 0.2) is 47.6 Å². The fourth-order valence-electron chi connectivity index (χ4n) is 1.81. The summed E-state index contributed by atoms with van der Waals surface area (Å²) in [5, 5.41) is 3.44. The van der Waals surface area contributed by atoms with E-state index >= 15 is 0 Å². The van der Waals surface area contributed by atoms with Crippen LogP contribution in [-0.2, 0) is 0 Å². The predicted molar refractivity (Wildman–Crippen MR) is 83.6 cm³/mol. The van der Waals surface area contributed by atoms with E-state index < -0.39 is 0 Å². The molecule has 1 aromatic carbocycles. The number of thiazole rings is 1. The molecule has 0 aliphatic heterocycles. The van der Waals surface area contributed by atoms with Crippen molar-refractivity contribution in [3.63, 3.8) is 0 Å². The largest absolute Gasteiger partial charge is 0.298 e. The van der Waals surface area contributed by atoms with Gasteiger partial charge in [0.25, 0.3) is 5.91 Å². The Labute approximate surface area is 124 Å². The first-order valence-electron chi connectivity index (χ1n) is 5.93. The smallest absolute Gasteiger partial charge is 0.257 e. The lowest BCUT2D eigenvalue weighted by Crippen LogP contribution is -2.11. The van der Waals surface area contributed by atoms with Gasteiger partial charge in [-0.2, -0.15) is 0 Å². The zero-order valence-corrected chi connectivity index (χ0v) is 12.3. The number of thioether (sulfide) groups is 1. The van der Waals surface area contributed by atoms with Crippen molar-refractivity contribution in [2.75, 3.05) is 11.6 Å². The van der Waals surface area contributed by atoms with Crippen molar-refractivity contribution in [1.82, 2.24) is 9.97 Å². The van der Waals surface area contributed by atoms with Crippen LogP contribution in [0.4, 0.5) is 5.13 Å². The highest BCUT2D eigenvalue weighted by Crippen LogP contribution is 2.32. The van der Waals surface area contributed by atoms with Gasteiger partial charge in [-0.05, 0) is 30.5 Å². The van der Waals surface area contributed by atoms with E-state index in [0.29, 0.717) is 10.7 Å². The third-order valence-corrected chi connectivity index (χ3v) is 4.47. The normalized spacial score (nSPS) is 10.7. The first kappa shape index (κ1) is 13.1. The molecule has 0 bridgehead atoms. The molecule has 0 atom stereocenters. The standard InChI is InChI=1S/C14H11N3OS2/c1-19-10-3-2-4-11-12(10)16-14(20-11)17-13(18)9-5-7-15-8-6-9/h2-8H,1H3,(H,16,17,18). The Morgan fingerprint density at radius 3 is 2.80 bits per heavy atom. The highest BCUT2D eigenvalue weighted by atomic mass is 32.2. The minimum absolute atomic E-state index is 0.169. The maximum Gasteiger partial charge on any atom is 0.257 e. The summed E-state index contributed by atoms with van der Waals surface area (Å²) in [5.74, 6) is -0.169. The number of nitrogens with one attached hydrogen (secondary N) is 1. The van der Waals surface area contributed by atoms with Crippen LogP contribution in [0, 0.1) is 0 Å².